The molecule has 0 unspecified atom stereocenters. The van der Waals surface area contributed by atoms with Crippen LogP contribution in [0.15, 0.2) is 35.5 Å². The van der Waals surface area contributed by atoms with Gasteiger partial charge in [-0.05, 0) is 18.4 Å². The Balaban J connectivity index is 2.34. The highest BCUT2D eigenvalue weighted by Gasteiger charge is 2.07. The van der Waals surface area contributed by atoms with Crippen molar-refractivity contribution in [3.8, 4) is 17.7 Å². The van der Waals surface area contributed by atoms with E-state index < -0.39 is 0 Å². The number of hydrogen-bond acceptors (Lipinski definition) is 5. The molecule has 0 radical (unpaired) electrons. The fraction of sp³-hybridized carbons (Fsp3) is 0.0833. The minimum atomic E-state index is 0.304. The summed E-state index contributed by atoms with van der Waals surface area (Å²) in [7, 11) is 0. The molecule has 2 aromatic rings. The zero-order valence-corrected chi connectivity index (χ0v) is 11.0. The number of halogens is 1. The number of hydrogen-bond donors (Lipinski definition) is 0. The predicted molar refractivity (Wildman–Crippen MR) is 70.1 cm³/mol. The highest BCUT2D eigenvalue weighted by molar-refractivity contribution is 7.98. The summed E-state index contributed by atoms with van der Waals surface area (Å²) in [6.45, 7) is 0. The largest absolute Gasteiger partial charge is 0.437 e. The van der Waals surface area contributed by atoms with Gasteiger partial charge in [-0.3, -0.25) is 0 Å². The second kappa shape index (κ2) is 5.71. The van der Waals surface area contributed by atoms with Crippen LogP contribution in [0.3, 0.4) is 0 Å². The van der Waals surface area contributed by atoms with Crippen molar-refractivity contribution < 1.29 is 4.74 Å². The summed E-state index contributed by atoms with van der Waals surface area (Å²) in [6, 6.07) is 10.5. The number of aromatic nitrogens is 2. The van der Waals surface area contributed by atoms with Crippen molar-refractivity contribution in [3.05, 3.63) is 41.0 Å². The molecule has 1 aromatic heterocycles. The lowest BCUT2D eigenvalue weighted by Crippen LogP contribution is -1.94. The normalized spacial score (nSPS) is 9.83. The number of para-hydroxylation sites is 1. The molecule has 0 bridgehead atoms. The van der Waals surface area contributed by atoms with Crippen LogP contribution >= 0.6 is 23.4 Å². The smallest absolute Gasteiger partial charge is 0.224 e. The number of nitrogens with zero attached hydrogens (tertiary/aromatic N) is 3. The maximum atomic E-state index is 8.96. The molecule has 0 fully saturated rings. The molecule has 4 nitrogen and oxygen atoms in total. The monoisotopic (exact) mass is 277 g/mol. The maximum absolute atomic E-state index is 8.96. The Bertz CT molecular complexity index is 613. The van der Waals surface area contributed by atoms with Crippen molar-refractivity contribution in [1.82, 2.24) is 9.97 Å². The molecule has 0 N–H and O–H groups in total. The van der Waals surface area contributed by atoms with Gasteiger partial charge in [-0.2, -0.15) is 10.2 Å². The Morgan fingerprint density at radius 3 is 2.83 bits per heavy atom. The van der Waals surface area contributed by atoms with E-state index >= 15 is 0 Å². The summed E-state index contributed by atoms with van der Waals surface area (Å²) in [5, 5.41) is 9.78. The molecule has 1 aromatic carbocycles. The average molecular weight is 278 g/mol. The van der Waals surface area contributed by atoms with Crippen molar-refractivity contribution in [3.63, 3.8) is 0 Å². The molecule has 90 valence electrons. The van der Waals surface area contributed by atoms with Crippen LogP contribution in [0.4, 0.5) is 0 Å². The van der Waals surface area contributed by atoms with Crippen LogP contribution in [0, 0.1) is 11.3 Å². The van der Waals surface area contributed by atoms with Gasteiger partial charge in [0.2, 0.25) is 5.88 Å². The van der Waals surface area contributed by atoms with E-state index in [0.717, 1.165) is 0 Å². The van der Waals surface area contributed by atoms with E-state index in [1.807, 2.05) is 6.26 Å². The lowest BCUT2D eigenvalue weighted by atomic mass is 10.2. The first-order chi connectivity index (χ1) is 8.72. The van der Waals surface area contributed by atoms with Crippen molar-refractivity contribution in [2.45, 2.75) is 5.16 Å². The molecule has 0 aliphatic carbocycles. The van der Waals surface area contributed by atoms with Gasteiger partial charge < -0.3 is 4.74 Å². The van der Waals surface area contributed by atoms with Gasteiger partial charge in [0.15, 0.2) is 5.16 Å². The van der Waals surface area contributed by atoms with Crippen LogP contribution in [0.5, 0.6) is 11.6 Å². The molecule has 0 amide bonds. The average Bonchev–Trinajstić information content (AvgIpc) is 2.38. The third kappa shape index (κ3) is 2.92. The first-order valence-electron chi connectivity index (χ1n) is 4.98. The quantitative estimate of drug-likeness (QED) is 0.488. The van der Waals surface area contributed by atoms with Crippen molar-refractivity contribution in [2.24, 2.45) is 0 Å². The van der Waals surface area contributed by atoms with Crippen LogP contribution in [0.2, 0.25) is 5.15 Å². The molecular formula is C12H8ClN3OS. The van der Waals surface area contributed by atoms with Crippen molar-refractivity contribution in [2.75, 3.05) is 6.26 Å². The molecule has 6 heteroatoms. The highest BCUT2D eigenvalue weighted by Crippen LogP contribution is 2.26. The van der Waals surface area contributed by atoms with Gasteiger partial charge in [-0.25, -0.2) is 4.98 Å². The van der Waals surface area contributed by atoms with Gasteiger partial charge in [0.05, 0.1) is 5.56 Å². The standard InChI is InChI=1S/C12H8ClN3OS/c1-18-12-15-10(13)6-11(16-12)17-9-5-3-2-4-8(9)7-14/h2-6H,1H3. The van der Waals surface area contributed by atoms with E-state index in [-0.39, 0.29) is 0 Å². The molecular weight excluding hydrogens is 270 g/mol. The van der Waals surface area contributed by atoms with E-state index in [1.165, 1.54) is 17.8 Å². The highest BCUT2D eigenvalue weighted by atomic mass is 35.5. The first kappa shape index (κ1) is 12.7. The van der Waals surface area contributed by atoms with Crippen LogP contribution in [-0.4, -0.2) is 16.2 Å². The summed E-state index contributed by atoms with van der Waals surface area (Å²) >= 11 is 7.23. The molecule has 0 saturated heterocycles. The van der Waals surface area contributed by atoms with Crippen LogP contribution in [-0.2, 0) is 0 Å². The van der Waals surface area contributed by atoms with Crippen LogP contribution < -0.4 is 4.74 Å². The predicted octanol–water partition coefficient (Wildman–Crippen LogP) is 3.52. The van der Waals surface area contributed by atoms with E-state index in [2.05, 4.69) is 16.0 Å². The van der Waals surface area contributed by atoms with Gasteiger partial charge >= 0.3 is 0 Å². The van der Waals surface area contributed by atoms with Gasteiger partial charge in [0, 0.05) is 6.07 Å². The number of thioether (sulfide) groups is 1. The first-order valence-corrected chi connectivity index (χ1v) is 6.59. The summed E-state index contributed by atoms with van der Waals surface area (Å²) in [4.78, 5) is 8.17. The Morgan fingerprint density at radius 1 is 1.33 bits per heavy atom. The number of nitriles is 1. The number of rotatable bonds is 3. The van der Waals surface area contributed by atoms with E-state index in [1.54, 1.807) is 24.3 Å². The fourth-order valence-corrected chi connectivity index (χ4v) is 1.88. The maximum Gasteiger partial charge on any atom is 0.224 e. The molecule has 0 aliphatic rings. The van der Waals surface area contributed by atoms with Gasteiger partial charge in [-0.1, -0.05) is 35.5 Å². The van der Waals surface area contributed by atoms with Crippen molar-refractivity contribution >= 4 is 23.4 Å². The number of ether oxygens (including phenoxy) is 1. The summed E-state index contributed by atoms with van der Waals surface area (Å²) < 4.78 is 5.55. The summed E-state index contributed by atoms with van der Waals surface area (Å²) in [5.74, 6) is 0.767. The molecule has 0 aliphatic heterocycles. The SMILES string of the molecule is CSc1nc(Cl)cc(Oc2ccccc2C#N)n1. The second-order valence-electron chi connectivity index (χ2n) is 3.23. The van der Waals surface area contributed by atoms with Crippen LogP contribution in [0.25, 0.3) is 0 Å². The van der Waals surface area contributed by atoms with Gasteiger partial charge in [0.25, 0.3) is 0 Å². The molecule has 18 heavy (non-hydrogen) atoms. The topological polar surface area (TPSA) is 58.8 Å². The van der Waals surface area contributed by atoms with Crippen LogP contribution in [0.1, 0.15) is 5.56 Å². The molecule has 1 heterocycles. The third-order valence-electron chi connectivity index (χ3n) is 2.06. The van der Waals surface area contributed by atoms with Crippen molar-refractivity contribution in [1.29, 1.82) is 5.26 Å². The van der Waals surface area contributed by atoms with E-state index in [9.17, 15) is 0 Å². The Kier molecular flexibility index (Phi) is 4.03. The molecule has 0 spiro atoms. The lowest BCUT2D eigenvalue weighted by molar-refractivity contribution is 0.454. The Morgan fingerprint density at radius 2 is 2.11 bits per heavy atom. The van der Waals surface area contributed by atoms with Gasteiger partial charge in [0.1, 0.15) is 17.0 Å². The molecule has 2 rings (SSSR count). The second-order valence-corrected chi connectivity index (χ2v) is 4.39. The summed E-state index contributed by atoms with van der Waals surface area (Å²) in [6.07, 6.45) is 1.85. The lowest BCUT2D eigenvalue weighted by Gasteiger charge is -2.07. The zero-order chi connectivity index (χ0) is 13.0. The zero-order valence-electron chi connectivity index (χ0n) is 9.42. The Labute approximate surface area is 114 Å². The number of benzene rings is 1. The fourth-order valence-electron chi connectivity index (χ4n) is 1.28. The van der Waals surface area contributed by atoms with E-state index in [0.29, 0.717) is 27.5 Å². The van der Waals surface area contributed by atoms with Gasteiger partial charge in [-0.15, -0.1) is 0 Å². The third-order valence-corrected chi connectivity index (χ3v) is 2.80. The molecule has 0 saturated carbocycles. The minimum absolute atomic E-state index is 0.304. The molecule has 0 atom stereocenters. The van der Waals surface area contributed by atoms with E-state index in [4.69, 9.17) is 21.6 Å². The Hall–Kier alpha value is -1.77. The summed E-state index contributed by atoms with van der Waals surface area (Å²) in [5.41, 5.74) is 0.443. The minimum Gasteiger partial charge on any atom is -0.437 e.